The zero-order valence-electron chi connectivity index (χ0n) is 14.2. The predicted molar refractivity (Wildman–Crippen MR) is 95.6 cm³/mol. The average Bonchev–Trinajstić information content (AvgIpc) is 2.59. The van der Waals surface area contributed by atoms with E-state index >= 15 is 0 Å². The summed E-state index contributed by atoms with van der Waals surface area (Å²) < 4.78 is 0. The molecular formula is C18H26N2O2S. The molecule has 126 valence electrons. The Morgan fingerprint density at radius 1 is 1.04 bits per heavy atom. The molecule has 1 fully saturated rings. The first-order valence-corrected chi connectivity index (χ1v) is 9.24. The highest BCUT2D eigenvalue weighted by atomic mass is 32.2. The van der Waals surface area contributed by atoms with Crippen molar-refractivity contribution in [1.82, 2.24) is 9.80 Å². The van der Waals surface area contributed by atoms with Crippen LogP contribution in [0.2, 0.25) is 0 Å². The van der Waals surface area contributed by atoms with Gasteiger partial charge < -0.3 is 9.80 Å². The van der Waals surface area contributed by atoms with Crippen molar-refractivity contribution in [3.8, 4) is 0 Å². The first-order chi connectivity index (χ1) is 11.0. The monoisotopic (exact) mass is 334 g/mol. The van der Waals surface area contributed by atoms with Gasteiger partial charge in [0.25, 0.3) is 0 Å². The molecule has 1 saturated heterocycles. The Kier molecular flexibility index (Phi) is 6.51. The number of amides is 2. The van der Waals surface area contributed by atoms with Crippen LogP contribution in [0.5, 0.6) is 0 Å². The van der Waals surface area contributed by atoms with Gasteiger partial charge >= 0.3 is 0 Å². The quantitative estimate of drug-likeness (QED) is 0.831. The van der Waals surface area contributed by atoms with Crippen molar-refractivity contribution in [2.75, 3.05) is 31.9 Å². The number of hydrogen-bond donors (Lipinski definition) is 0. The number of piperazine rings is 1. The molecule has 4 nitrogen and oxygen atoms in total. The molecule has 1 aromatic carbocycles. The van der Waals surface area contributed by atoms with Crippen LogP contribution >= 0.6 is 11.8 Å². The molecule has 0 spiro atoms. The second-order valence-electron chi connectivity index (χ2n) is 6.12. The Labute approximate surface area is 143 Å². The van der Waals surface area contributed by atoms with Gasteiger partial charge in [-0.25, -0.2) is 0 Å². The lowest BCUT2D eigenvalue weighted by Crippen LogP contribution is -2.51. The molecule has 5 heteroatoms. The van der Waals surface area contributed by atoms with Crippen LogP contribution in [0.1, 0.15) is 32.3 Å². The summed E-state index contributed by atoms with van der Waals surface area (Å²) in [6, 6.07) is 10.4. The molecule has 0 unspecified atom stereocenters. The molecule has 0 radical (unpaired) electrons. The van der Waals surface area contributed by atoms with Crippen molar-refractivity contribution in [3.63, 3.8) is 0 Å². The molecule has 1 aliphatic heterocycles. The molecule has 2 rings (SSSR count). The molecule has 23 heavy (non-hydrogen) atoms. The summed E-state index contributed by atoms with van der Waals surface area (Å²) in [5.41, 5.74) is 1.31. The van der Waals surface area contributed by atoms with Crippen molar-refractivity contribution >= 4 is 23.6 Å². The summed E-state index contributed by atoms with van der Waals surface area (Å²) in [7, 11) is 0. The van der Waals surface area contributed by atoms with Crippen LogP contribution in [0.3, 0.4) is 0 Å². The first-order valence-electron chi connectivity index (χ1n) is 8.20. The standard InChI is InChI=1S/C18H26N2O2S/c1-14(17-7-5-4-6-8-17)13-23-15(2)18(22)20-11-9-19(10-12-20)16(3)21/h4-8,14-15H,9-13H2,1-3H3/t14-,15-/m1/s1. The van der Waals surface area contributed by atoms with Gasteiger partial charge in [0, 0.05) is 38.9 Å². The van der Waals surface area contributed by atoms with E-state index in [9.17, 15) is 9.59 Å². The van der Waals surface area contributed by atoms with Crippen LogP contribution in [0, 0.1) is 0 Å². The number of nitrogens with zero attached hydrogens (tertiary/aromatic N) is 2. The van der Waals surface area contributed by atoms with Crippen molar-refractivity contribution in [2.45, 2.75) is 31.9 Å². The minimum absolute atomic E-state index is 0.0370. The lowest BCUT2D eigenvalue weighted by Gasteiger charge is -2.35. The molecule has 0 aliphatic carbocycles. The summed E-state index contributed by atoms with van der Waals surface area (Å²) in [6.07, 6.45) is 0. The van der Waals surface area contributed by atoms with E-state index in [2.05, 4.69) is 31.2 Å². The van der Waals surface area contributed by atoms with Gasteiger partial charge in [-0.3, -0.25) is 9.59 Å². The average molecular weight is 334 g/mol. The second-order valence-corrected chi connectivity index (χ2v) is 7.49. The largest absolute Gasteiger partial charge is 0.339 e. The summed E-state index contributed by atoms with van der Waals surface area (Å²) in [5, 5.41) is -0.0370. The zero-order valence-corrected chi connectivity index (χ0v) is 15.0. The summed E-state index contributed by atoms with van der Waals surface area (Å²) >= 11 is 1.72. The van der Waals surface area contributed by atoms with Gasteiger partial charge in [0.05, 0.1) is 5.25 Å². The Morgan fingerprint density at radius 2 is 1.61 bits per heavy atom. The van der Waals surface area contributed by atoms with E-state index in [-0.39, 0.29) is 17.1 Å². The summed E-state index contributed by atoms with van der Waals surface area (Å²) in [6.45, 7) is 8.38. The molecule has 2 amide bonds. The normalized spacial score (nSPS) is 17.7. The smallest absolute Gasteiger partial charge is 0.235 e. The molecule has 2 atom stereocenters. The van der Waals surface area contributed by atoms with Crippen molar-refractivity contribution in [2.24, 2.45) is 0 Å². The van der Waals surface area contributed by atoms with Gasteiger partial charge in [-0.1, -0.05) is 37.3 Å². The maximum absolute atomic E-state index is 12.5. The van der Waals surface area contributed by atoms with E-state index in [4.69, 9.17) is 0 Å². The van der Waals surface area contributed by atoms with E-state index in [1.807, 2.05) is 17.9 Å². The molecule has 0 saturated carbocycles. The van der Waals surface area contributed by atoms with Crippen LogP contribution in [0.15, 0.2) is 30.3 Å². The Balaban J connectivity index is 1.78. The van der Waals surface area contributed by atoms with Gasteiger partial charge in [0.2, 0.25) is 11.8 Å². The highest BCUT2D eigenvalue weighted by Gasteiger charge is 2.26. The zero-order chi connectivity index (χ0) is 16.8. The summed E-state index contributed by atoms with van der Waals surface area (Å²) in [4.78, 5) is 27.6. The fraction of sp³-hybridized carbons (Fsp3) is 0.556. The van der Waals surface area contributed by atoms with Gasteiger partial charge in [-0.2, -0.15) is 0 Å². The van der Waals surface area contributed by atoms with Gasteiger partial charge in [0.15, 0.2) is 0 Å². The predicted octanol–water partition coefficient (Wildman–Crippen LogP) is 2.60. The topological polar surface area (TPSA) is 40.6 Å². The van der Waals surface area contributed by atoms with E-state index in [1.54, 1.807) is 23.6 Å². The van der Waals surface area contributed by atoms with Crippen molar-refractivity contribution < 1.29 is 9.59 Å². The number of benzene rings is 1. The third-order valence-corrected chi connectivity index (χ3v) is 5.74. The van der Waals surface area contributed by atoms with Crippen LogP contribution in [0.4, 0.5) is 0 Å². The lowest BCUT2D eigenvalue weighted by atomic mass is 10.0. The molecule has 0 bridgehead atoms. The van der Waals surface area contributed by atoms with Crippen LogP contribution in [0.25, 0.3) is 0 Å². The molecule has 1 heterocycles. The number of thioether (sulfide) groups is 1. The van der Waals surface area contributed by atoms with Gasteiger partial charge in [0.1, 0.15) is 0 Å². The number of rotatable bonds is 5. The van der Waals surface area contributed by atoms with Crippen molar-refractivity contribution in [3.05, 3.63) is 35.9 Å². The Bertz CT molecular complexity index is 527. The van der Waals surface area contributed by atoms with E-state index in [0.717, 1.165) is 5.75 Å². The third-order valence-electron chi connectivity index (χ3n) is 4.35. The summed E-state index contributed by atoms with van der Waals surface area (Å²) in [5.74, 6) is 1.66. The highest BCUT2D eigenvalue weighted by molar-refractivity contribution is 8.00. The molecule has 1 aliphatic rings. The van der Waals surface area contributed by atoms with Crippen LogP contribution in [-0.4, -0.2) is 58.8 Å². The van der Waals surface area contributed by atoms with Crippen molar-refractivity contribution in [1.29, 1.82) is 0 Å². The number of carbonyl (C=O) groups is 2. The Hall–Kier alpha value is -1.49. The van der Waals surface area contributed by atoms with Crippen LogP contribution in [-0.2, 0) is 9.59 Å². The van der Waals surface area contributed by atoms with Crippen LogP contribution < -0.4 is 0 Å². The van der Waals surface area contributed by atoms with E-state index in [1.165, 1.54) is 5.56 Å². The third kappa shape index (κ3) is 4.99. The van der Waals surface area contributed by atoms with E-state index in [0.29, 0.717) is 32.1 Å². The Morgan fingerprint density at radius 3 is 2.17 bits per heavy atom. The van der Waals surface area contributed by atoms with Gasteiger partial charge in [-0.05, 0) is 18.4 Å². The highest BCUT2D eigenvalue weighted by Crippen LogP contribution is 2.24. The number of carbonyl (C=O) groups excluding carboxylic acids is 2. The number of hydrogen-bond acceptors (Lipinski definition) is 3. The fourth-order valence-electron chi connectivity index (χ4n) is 2.74. The first kappa shape index (κ1) is 17.9. The SMILES string of the molecule is CC(=O)N1CCN(C(=O)[C@@H](C)SC[C@@H](C)c2ccccc2)CC1. The second kappa shape index (κ2) is 8.39. The molecular weight excluding hydrogens is 308 g/mol. The maximum Gasteiger partial charge on any atom is 0.235 e. The molecule has 0 aromatic heterocycles. The minimum atomic E-state index is -0.0370. The molecule has 1 aromatic rings. The van der Waals surface area contributed by atoms with E-state index < -0.39 is 0 Å². The fourth-order valence-corrected chi connectivity index (χ4v) is 3.80. The maximum atomic E-state index is 12.5. The minimum Gasteiger partial charge on any atom is -0.339 e. The lowest BCUT2D eigenvalue weighted by molar-refractivity contribution is -0.137. The van der Waals surface area contributed by atoms with Gasteiger partial charge in [-0.15, -0.1) is 11.8 Å². The molecule has 0 N–H and O–H groups in total.